The van der Waals surface area contributed by atoms with E-state index < -0.39 is 17.3 Å². The number of aryl methyl sites for hydroxylation is 1. The molecule has 1 aliphatic heterocycles. The van der Waals surface area contributed by atoms with Crippen molar-refractivity contribution in [3.63, 3.8) is 0 Å². The van der Waals surface area contributed by atoms with Gasteiger partial charge in [-0.25, -0.2) is 0 Å². The van der Waals surface area contributed by atoms with E-state index in [2.05, 4.69) is 15.5 Å². The van der Waals surface area contributed by atoms with Crippen molar-refractivity contribution in [2.75, 3.05) is 13.2 Å². The number of rotatable bonds is 3. The van der Waals surface area contributed by atoms with Crippen LogP contribution in [-0.4, -0.2) is 29.3 Å². The van der Waals surface area contributed by atoms with Gasteiger partial charge in [-0.05, 0) is 55.4 Å². The molecule has 2 aromatic rings. The van der Waals surface area contributed by atoms with Gasteiger partial charge in [0, 0.05) is 24.8 Å². The van der Waals surface area contributed by atoms with Gasteiger partial charge in [-0.1, -0.05) is 12.1 Å². The molecule has 1 atom stereocenters. The molecule has 1 unspecified atom stereocenters. The van der Waals surface area contributed by atoms with E-state index in [-0.39, 0.29) is 11.8 Å². The van der Waals surface area contributed by atoms with Gasteiger partial charge in [0.15, 0.2) is 0 Å². The number of ether oxygens (including phenoxy) is 1. The lowest BCUT2D eigenvalue weighted by Gasteiger charge is -2.40. The van der Waals surface area contributed by atoms with Crippen molar-refractivity contribution in [3.8, 4) is 0 Å². The molecule has 2 heterocycles. The Kier molecular flexibility index (Phi) is 4.91. The Labute approximate surface area is 160 Å². The van der Waals surface area contributed by atoms with Gasteiger partial charge >= 0.3 is 6.18 Å². The van der Waals surface area contributed by atoms with Crippen LogP contribution in [0.2, 0.25) is 0 Å². The summed E-state index contributed by atoms with van der Waals surface area (Å²) in [7, 11) is 0. The number of benzene rings is 1. The van der Waals surface area contributed by atoms with Crippen LogP contribution in [0.25, 0.3) is 0 Å². The summed E-state index contributed by atoms with van der Waals surface area (Å²) in [6.45, 7) is 0.792. The summed E-state index contributed by atoms with van der Waals surface area (Å²) < 4.78 is 45.0. The molecule has 1 aliphatic carbocycles. The summed E-state index contributed by atoms with van der Waals surface area (Å²) >= 11 is 0. The number of amides is 1. The third-order valence-corrected chi connectivity index (χ3v) is 5.84. The van der Waals surface area contributed by atoms with Crippen LogP contribution in [0.1, 0.15) is 41.6 Å². The second kappa shape index (κ2) is 7.24. The van der Waals surface area contributed by atoms with Crippen molar-refractivity contribution < 1.29 is 22.7 Å². The van der Waals surface area contributed by atoms with Gasteiger partial charge in [0.2, 0.25) is 5.91 Å². The Bertz CT molecular complexity index is 856. The lowest BCUT2D eigenvalue weighted by Crippen LogP contribution is -2.51. The summed E-state index contributed by atoms with van der Waals surface area (Å²) in [4.78, 5) is 13.1. The molecule has 5 nitrogen and oxygen atoms in total. The smallest absolute Gasteiger partial charge is 0.381 e. The first-order chi connectivity index (χ1) is 13.4. The topological polar surface area (TPSA) is 67.0 Å². The molecule has 1 aromatic carbocycles. The van der Waals surface area contributed by atoms with Gasteiger partial charge in [-0.3, -0.25) is 9.89 Å². The maximum absolute atomic E-state index is 13.2. The molecule has 0 bridgehead atoms. The number of H-pyrrole nitrogens is 1. The molecule has 1 aromatic heterocycles. The number of halogens is 3. The number of aromatic nitrogens is 2. The summed E-state index contributed by atoms with van der Waals surface area (Å²) in [6, 6.07) is 5.27. The molecule has 1 fully saturated rings. The Morgan fingerprint density at radius 2 is 2.07 bits per heavy atom. The van der Waals surface area contributed by atoms with Crippen LogP contribution < -0.4 is 5.32 Å². The lowest BCUT2D eigenvalue weighted by molar-refractivity contribution is -0.137. The molecule has 4 rings (SSSR count). The van der Waals surface area contributed by atoms with Crippen LogP contribution in [0.3, 0.4) is 0 Å². The Morgan fingerprint density at radius 3 is 2.82 bits per heavy atom. The first kappa shape index (κ1) is 19.0. The molecular formula is C20H22F3N3O2. The second-order valence-corrected chi connectivity index (χ2v) is 7.58. The molecule has 150 valence electrons. The monoisotopic (exact) mass is 393 g/mol. The van der Waals surface area contributed by atoms with Crippen molar-refractivity contribution in [1.29, 1.82) is 0 Å². The molecule has 1 amide bonds. The van der Waals surface area contributed by atoms with Crippen LogP contribution in [0.5, 0.6) is 0 Å². The van der Waals surface area contributed by atoms with E-state index in [1.54, 1.807) is 12.3 Å². The van der Waals surface area contributed by atoms with Gasteiger partial charge < -0.3 is 10.1 Å². The number of aromatic amines is 1. The number of hydrogen-bond acceptors (Lipinski definition) is 3. The lowest BCUT2D eigenvalue weighted by atomic mass is 9.80. The number of hydrogen-bond donors (Lipinski definition) is 2. The van der Waals surface area contributed by atoms with Gasteiger partial charge in [-0.2, -0.15) is 18.3 Å². The normalized spacial score (nSPS) is 21.8. The molecule has 0 spiro atoms. The Morgan fingerprint density at radius 1 is 1.29 bits per heavy atom. The molecule has 8 heteroatoms. The maximum atomic E-state index is 13.2. The molecule has 1 saturated heterocycles. The average molecular weight is 393 g/mol. The van der Waals surface area contributed by atoms with E-state index in [1.807, 2.05) is 0 Å². The Balaban J connectivity index is 1.59. The van der Waals surface area contributed by atoms with Crippen molar-refractivity contribution in [1.82, 2.24) is 15.5 Å². The van der Waals surface area contributed by atoms with E-state index in [1.165, 1.54) is 6.07 Å². The van der Waals surface area contributed by atoms with Gasteiger partial charge in [0.05, 0.1) is 17.3 Å². The fourth-order valence-corrected chi connectivity index (χ4v) is 4.18. The molecule has 2 N–H and O–H groups in total. The zero-order valence-corrected chi connectivity index (χ0v) is 15.3. The van der Waals surface area contributed by atoms with E-state index in [4.69, 9.17) is 4.74 Å². The quantitative estimate of drug-likeness (QED) is 0.840. The van der Waals surface area contributed by atoms with Gasteiger partial charge in [0.1, 0.15) is 0 Å². The highest BCUT2D eigenvalue weighted by atomic mass is 19.4. The summed E-state index contributed by atoms with van der Waals surface area (Å²) in [6.07, 6.45) is 0.239. The largest absolute Gasteiger partial charge is 0.416 e. The minimum Gasteiger partial charge on any atom is -0.381 e. The van der Waals surface area contributed by atoms with Crippen LogP contribution in [0.4, 0.5) is 13.2 Å². The van der Waals surface area contributed by atoms with Crippen molar-refractivity contribution in [2.45, 2.75) is 43.8 Å². The number of nitrogens with zero attached hydrogens (tertiary/aromatic N) is 1. The molecule has 0 saturated carbocycles. The van der Waals surface area contributed by atoms with E-state index in [9.17, 15) is 18.0 Å². The third kappa shape index (κ3) is 3.65. The van der Waals surface area contributed by atoms with Crippen LogP contribution >= 0.6 is 0 Å². The second-order valence-electron chi connectivity index (χ2n) is 7.58. The summed E-state index contributed by atoms with van der Waals surface area (Å²) in [5.74, 6) is -0.332. The average Bonchev–Trinajstić information content (AvgIpc) is 3.16. The number of carbonyl (C=O) groups excluding carboxylic acids is 1. The zero-order valence-electron chi connectivity index (χ0n) is 15.3. The summed E-state index contributed by atoms with van der Waals surface area (Å²) in [5.41, 5.74) is 1.03. The number of alkyl halides is 3. The number of fused-ring (bicyclic) bond motifs is 1. The predicted octanol–water partition coefficient (Wildman–Crippen LogP) is 3.36. The predicted molar refractivity (Wildman–Crippen MR) is 95.4 cm³/mol. The number of carbonyl (C=O) groups is 1. The van der Waals surface area contributed by atoms with Crippen LogP contribution in [0.15, 0.2) is 30.5 Å². The van der Waals surface area contributed by atoms with E-state index >= 15 is 0 Å². The standard InChI is InChI=1S/C20H22F3N3O2/c21-20(22,23)16-3-1-2-15(11-16)19(6-8-28-9-7-19)25-18(27)13-4-5-17-14(10-13)12-24-26-17/h1-3,11-13H,4-10H2,(H,24,26)(H,25,27). The molecule has 2 aliphatic rings. The number of nitrogens with one attached hydrogen (secondary N) is 2. The Hall–Kier alpha value is -2.35. The zero-order chi connectivity index (χ0) is 19.8. The molecular weight excluding hydrogens is 371 g/mol. The van der Waals surface area contributed by atoms with Gasteiger partial charge in [0.25, 0.3) is 0 Å². The van der Waals surface area contributed by atoms with Crippen LogP contribution in [0, 0.1) is 5.92 Å². The highest BCUT2D eigenvalue weighted by Crippen LogP contribution is 2.37. The first-order valence-corrected chi connectivity index (χ1v) is 9.46. The van der Waals surface area contributed by atoms with Crippen molar-refractivity contribution in [2.24, 2.45) is 5.92 Å². The van der Waals surface area contributed by atoms with Crippen LogP contribution in [-0.2, 0) is 34.1 Å². The van der Waals surface area contributed by atoms with E-state index in [0.717, 1.165) is 29.8 Å². The fraction of sp³-hybridized carbons (Fsp3) is 0.500. The van der Waals surface area contributed by atoms with E-state index in [0.29, 0.717) is 44.5 Å². The SMILES string of the molecule is O=C(NC1(c2cccc(C(F)(F)F)c2)CCOCC1)C1CCc2[nH]ncc2C1. The van der Waals surface area contributed by atoms with Crippen molar-refractivity contribution in [3.05, 3.63) is 52.8 Å². The molecule has 28 heavy (non-hydrogen) atoms. The maximum Gasteiger partial charge on any atom is 0.416 e. The van der Waals surface area contributed by atoms with Gasteiger partial charge in [-0.15, -0.1) is 0 Å². The minimum absolute atomic E-state index is 0.119. The first-order valence-electron chi connectivity index (χ1n) is 9.46. The summed E-state index contributed by atoms with van der Waals surface area (Å²) in [5, 5.41) is 10.1. The third-order valence-electron chi connectivity index (χ3n) is 5.84. The highest BCUT2D eigenvalue weighted by molar-refractivity contribution is 5.80. The van der Waals surface area contributed by atoms with Crippen molar-refractivity contribution >= 4 is 5.91 Å². The minimum atomic E-state index is -4.42. The fourth-order valence-electron chi connectivity index (χ4n) is 4.18. The molecule has 0 radical (unpaired) electrons. The highest BCUT2D eigenvalue weighted by Gasteiger charge is 2.40.